The van der Waals surface area contributed by atoms with Gasteiger partial charge in [-0.25, -0.2) is 18.6 Å². The Morgan fingerprint density at radius 2 is 1.44 bits per heavy atom. The van der Waals surface area contributed by atoms with E-state index in [4.69, 9.17) is 5.84 Å². The van der Waals surface area contributed by atoms with Crippen LogP contribution < -0.4 is 11.3 Å². The Hall–Kier alpha value is -1.85. The van der Waals surface area contributed by atoms with E-state index >= 15 is 0 Å². The summed E-state index contributed by atoms with van der Waals surface area (Å²) in [6.45, 7) is 0. The lowest BCUT2D eigenvalue weighted by Crippen LogP contribution is -2.29. The molecule has 1 unspecified atom stereocenters. The molecule has 0 spiro atoms. The Balaban J connectivity index is 2.46. The molecular weight excluding hydrogens is 241 g/mol. The maximum Gasteiger partial charge on any atom is 0.194 e. The third-order valence-corrected chi connectivity index (χ3v) is 2.64. The molecule has 2 aromatic carbocycles. The van der Waals surface area contributed by atoms with E-state index in [0.717, 1.165) is 17.7 Å². The van der Waals surface area contributed by atoms with Crippen LogP contribution in [-0.4, -0.2) is 0 Å². The lowest BCUT2D eigenvalue weighted by Gasteiger charge is -2.17. The number of rotatable bonds is 3. The molecule has 0 radical (unpaired) electrons. The van der Waals surface area contributed by atoms with Crippen molar-refractivity contribution < 1.29 is 13.2 Å². The Morgan fingerprint density at radius 1 is 0.889 bits per heavy atom. The van der Waals surface area contributed by atoms with Crippen molar-refractivity contribution in [2.24, 2.45) is 5.84 Å². The predicted molar refractivity (Wildman–Crippen MR) is 61.9 cm³/mol. The van der Waals surface area contributed by atoms with Gasteiger partial charge in [-0.2, -0.15) is 0 Å². The van der Waals surface area contributed by atoms with Gasteiger partial charge in [0.15, 0.2) is 17.5 Å². The van der Waals surface area contributed by atoms with Gasteiger partial charge in [-0.15, -0.1) is 0 Å². The van der Waals surface area contributed by atoms with E-state index in [1.807, 2.05) is 6.07 Å². The topological polar surface area (TPSA) is 38.0 Å². The average Bonchev–Trinajstić information content (AvgIpc) is 2.38. The van der Waals surface area contributed by atoms with Gasteiger partial charge in [0.25, 0.3) is 0 Å². The fraction of sp³-hybridized carbons (Fsp3) is 0.0769. The molecule has 94 valence electrons. The third kappa shape index (κ3) is 2.37. The summed E-state index contributed by atoms with van der Waals surface area (Å²) in [6.07, 6.45) is 0. The molecule has 18 heavy (non-hydrogen) atoms. The monoisotopic (exact) mass is 252 g/mol. The van der Waals surface area contributed by atoms with Gasteiger partial charge < -0.3 is 0 Å². The standard InChI is InChI=1S/C13H11F3N2/c14-10-6-9(7-11(15)12(10)16)13(18-17)8-4-2-1-3-5-8/h1-7,13,18H,17H2. The number of hydrogen-bond donors (Lipinski definition) is 2. The smallest absolute Gasteiger partial charge is 0.194 e. The Labute approximate surface area is 102 Å². The summed E-state index contributed by atoms with van der Waals surface area (Å²) in [5.74, 6) is 1.43. The molecule has 0 aromatic heterocycles. The first-order valence-corrected chi connectivity index (χ1v) is 5.29. The summed E-state index contributed by atoms with van der Waals surface area (Å²) in [5.41, 5.74) is 3.40. The van der Waals surface area contributed by atoms with Gasteiger partial charge in [0.2, 0.25) is 0 Å². The van der Waals surface area contributed by atoms with Crippen LogP contribution in [0.25, 0.3) is 0 Å². The zero-order valence-electron chi connectivity index (χ0n) is 9.33. The van der Waals surface area contributed by atoms with Crippen LogP contribution in [0.15, 0.2) is 42.5 Å². The fourth-order valence-electron chi connectivity index (χ4n) is 1.77. The average molecular weight is 252 g/mol. The summed E-state index contributed by atoms with van der Waals surface area (Å²) in [6, 6.07) is 10.1. The molecule has 0 aliphatic heterocycles. The van der Waals surface area contributed by atoms with E-state index in [1.165, 1.54) is 0 Å². The van der Waals surface area contributed by atoms with Crippen LogP contribution in [0.5, 0.6) is 0 Å². The lowest BCUT2D eigenvalue weighted by molar-refractivity contribution is 0.442. The summed E-state index contributed by atoms with van der Waals surface area (Å²) in [7, 11) is 0. The minimum atomic E-state index is -1.48. The van der Waals surface area contributed by atoms with Crippen molar-refractivity contribution in [3.8, 4) is 0 Å². The molecule has 0 heterocycles. The largest absolute Gasteiger partial charge is 0.271 e. The van der Waals surface area contributed by atoms with Crippen LogP contribution in [0.3, 0.4) is 0 Å². The van der Waals surface area contributed by atoms with E-state index in [0.29, 0.717) is 0 Å². The van der Waals surface area contributed by atoms with Crippen molar-refractivity contribution in [1.82, 2.24) is 5.43 Å². The first-order valence-electron chi connectivity index (χ1n) is 5.29. The van der Waals surface area contributed by atoms with E-state index in [-0.39, 0.29) is 5.56 Å². The normalized spacial score (nSPS) is 12.4. The number of nitrogens with one attached hydrogen (secondary N) is 1. The Kier molecular flexibility index (Phi) is 3.64. The van der Waals surface area contributed by atoms with Crippen LogP contribution in [0, 0.1) is 17.5 Å². The highest BCUT2D eigenvalue weighted by Crippen LogP contribution is 2.24. The molecule has 5 heteroatoms. The Morgan fingerprint density at radius 3 is 1.94 bits per heavy atom. The van der Waals surface area contributed by atoms with Crippen molar-refractivity contribution >= 4 is 0 Å². The number of benzene rings is 2. The quantitative estimate of drug-likeness (QED) is 0.500. The molecule has 0 amide bonds. The molecule has 0 saturated heterocycles. The molecular formula is C13H11F3N2. The number of hydrogen-bond acceptors (Lipinski definition) is 2. The van der Waals surface area contributed by atoms with Gasteiger partial charge >= 0.3 is 0 Å². The SMILES string of the molecule is NNC(c1ccccc1)c1cc(F)c(F)c(F)c1. The molecule has 0 aliphatic rings. The highest BCUT2D eigenvalue weighted by atomic mass is 19.2. The van der Waals surface area contributed by atoms with Gasteiger partial charge in [-0.3, -0.25) is 5.84 Å². The van der Waals surface area contributed by atoms with Crippen LogP contribution in [0.4, 0.5) is 13.2 Å². The third-order valence-electron chi connectivity index (χ3n) is 2.64. The zero-order valence-corrected chi connectivity index (χ0v) is 9.33. The van der Waals surface area contributed by atoms with Crippen LogP contribution in [0.2, 0.25) is 0 Å². The summed E-state index contributed by atoms with van der Waals surface area (Å²) in [4.78, 5) is 0. The summed E-state index contributed by atoms with van der Waals surface area (Å²) in [5, 5.41) is 0. The summed E-state index contributed by atoms with van der Waals surface area (Å²) >= 11 is 0. The van der Waals surface area contributed by atoms with Gasteiger partial charge in [0.1, 0.15) is 0 Å². The number of halogens is 3. The molecule has 2 nitrogen and oxygen atoms in total. The Bertz CT molecular complexity index is 520. The lowest BCUT2D eigenvalue weighted by atomic mass is 9.99. The molecule has 2 rings (SSSR count). The number of nitrogens with two attached hydrogens (primary N) is 1. The predicted octanol–water partition coefficient (Wildman–Crippen LogP) is 2.66. The van der Waals surface area contributed by atoms with Gasteiger partial charge in [0, 0.05) is 0 Å². The molecule has 0 aliphatic carbocycles. The zero-order chi connectivity index (χ0) is 13.1. The van der Waals surface area contributed by atoms with Crippen LogP contribution in [0.1, 0.15) is 17.2 Å². The second-order valence-corrected chi connectivity index (χ2v) is 3.81. The summed E-state index contributed by atoms with van der Waals surface area (Å²) < 4.78 is 39.2. The van der Waals surface area contributed by atoms with Gasteiger partial charge in [0.05, 0.1) is 6.04 Å². The van der Waals surface area contributed by atoms with E-state index in [2.05, 4.69) is 5.43 Å². The second kappa shape index (κ2) is 5.20. The molecule has 0 bridgehead atoms. The minimum Gasteiger partial charge on any atom is -0.271 e. The first-order chi connectivity index (χ1) is 8.63. The van der Waals surface area contributed by atoms with Crippen molar-refractivity contribution in [1.29, 1.82) is 0 Å². The highest BCUT2D eigenvalue weighted by molar-refractivity contribution is 5.32. The minimum absolute atomic E-state index is 0.222. The van der Waals surface area contributed by atoms with Gasteiger partial charge in [-0.05, 0) is 23.3 Å². The van der Waals surface area contributed by atoms with Crippen molar-refractivity contribution in [2.45, 2.75) is 6.04 Å². The second-order valence-electron chi connectivity index (χ2n) is 3.81. The molecule has 1 atom stereocenters. The van der Waals surface area contributed by atoms with Crippen LogP contribution in [-0.2, 0) is 0 Å². The molecule has 0 saturated carbocycles. The number of hydrazine groups is 1. The van der Waals surface area contributed by atoms with Crippen LogP contribution >= 0.6 is 0 Å². The van der Waals surface area contributed by atoms with E-state index in [9.17, 15) is 13.2 Å². The molecule has 2 aromatic rings. The van der Waals surface area contributed by atoms with E-state index in [1.54, 1.807) is 24.3 Å². The van der Waals surface area contributed by atoms with Crippen molar-refractivity contribution in [3.05, 3.63) is 71.0 Å². The molecule has 3 N–H and O–H groups in total. The maximum absolute atomic E-state index is 13.2. The van der Waals surface area contributed by atoms with Crippen molar-refractivity contribution in [3.63, 3.8) is 0 Å². The maximum atomic E-state index is 13.2. The van der Waals surface area contributed by atoms with Gasteiger partial charge in [-0.1, -0.05) is 30.3 Å². The van der Waals surface area contributed by atoms with E-state index < -0.39 is 23.5 Å². The fourth-order valence-corrected chi connectivity index (χ4v) is 1.77. The molecule has 0 fully saturated rings. The highest BCUT2D eigenvalue weighted by Gasteiger charge is 2.17. The first kappa shape index (κ1) is 12.6. The van der Waals surface area contributed by atoms with Crippen molar-refractivity contribution in [2.75, 3.05) is 0 Å².